The van der Waals surface area contributed by atoms with Crippen molar-refractivity contribution in [3.8, 4) is 5.82 Å². The first-order valence-electron chi connectivity index (χ1n) is 4.36. The summed E-state index contributed by atoms with van der Waals surface area (Å²) in [6, 6.07) is 6.73. The molecule has 76 valence electrons. The highest BCUT2D eigenvalue weighted by molar-refractivity contribution is 9.10. The van der Waals surface area contributed by atoms with Gasteiger partial charge in [0.15, 0.2) is 4.73 Å². The second-order valence-corrected chi connectivity index (χ2v) is 3.75. The molecule has 0 radical (unpaired) electrons. The maximum absolute atomic E-state index is 11.5. The van der Waals surface area contributed by atoms with Gasteiger partial charge in [0.1, 0.15) is 5.82 Å². The van der Waals surface area contributed by atoms with Crippen molar-refractivity contribution < 1.29 is 0 Å². The van der Waals surface area contributed by atoms with Crippen molar-refractivity contribution in [2.75, 3.05) is 0 Å². The van der Waals surface area contributed by atoms with Crippen LogP contribution in [0, 0.1) is 6.92 Å². The number of pyridine rings is 1. The molecule has 0 aliphatic carbocycles. The Morgan fingerprint density at radius 2 is 2.13 bits per heavy atom. The maximum Gasteiger partial charge on any atom is 0.256 e. The minimum atomic E-state index is -0.109. The van der Waals surface area contributed by atoms with Crippen LogP contribution < -0.4 is 5.56 Å². The first-order chi connectivity index (χ1) is 7.16. The topological polar surface area (TPSA) is 47.8 Å². The minimum Gasteiger partial charge on any atom is -0.269 e. The molecule has 2 rings (SSSR count). The van der Waals surface area contributed by atoms with Gasteiger partial charge in [-0.2, -0.15) is 0 Å². The Hall–Kier alpha value is -1.49. The standard InChI is InChI=1S/C10H8BrN3O/c1-7-6-8(13-10(11)12-7)14-5-3-2-4-9(14)15/h2-6H,1H3. The Kier molecular flexibility index (Phi) is 2.64. The summed E-state index contributed by atoms with van der Waals surface area (Å²) in [7, 11) is 0. The van der Waals surface area contributed by atoms with E-state index in [1.165, 1.54) is 10.6 Å². The molecular formula is C10H8BrN3O. The van der Waals surface area contributed by atoms with Crippen LogP contribution >= 0.6 is 15.9 Å². The number of aromatic nitrogens is 3. The van der Waals surface area contributed by atoms with E-state index in [0.29, 0.717) is 10.6 Å². The summed E-state index contributed by atoms with van der Waals surface area (Å²) in [4.78, 5) is 19.7. The number of aryl methyl sites for hydroxylation is 1. The van der Waals surface area contributed by atoms with Crippen LogP contribution in [0.15, 0.2) is 40.0 Å². The lowest BCUT2D eigenvalue weighted by atomic mass is 10.4. The Morgan fingerprint density at radius 1 is 1.33 bits per heavy atom. The zero-order chi connectivity index (χ0) is 10.8. The summed E-state index contributed by atoms with van der Waals surface area (Å²) in [5, 5.41) is 0. The molecule has 0 amide bonds. The molecule has 0 aromatic carbocycles. The summed E-state index contributed by atoms with van der Waals surface area (Å²) in [6.07, 6.45) is 1.68. The van der Waals surface area contributed by atoms with Gasteiger partial charge < -0.3 is 0 Å². The molecule has 2 aromatic heterocycles. The van der Waals surface area contributed by atoms with E-state index in [1.807, 2.05) is 6.92 Å². The zero-order valence-electron chi connectivity index (χ0n) is 8.01. The van der Waals surface area contributed by atoms with Crippen LogP contribution in [0.3, 0.4) is 0 Å². The fraction of sp³-hybridized carbons (Fsp3) is 0.100. The molecule has 0 aliphatic rings. The number of rotatable bonds is 1. The third-order valence-electron chi connectivity index (χ3n) is 1.88. The number of halogens is 1. The predicted molar refractivity (Wildman–Crippen MR) is 60.1 cm³/mol. The maximum atomic E-state index is 11.5. The first kappa shape index (κ1) is 10.0. The molecule has 15 heavy (non-hydrogen) atoms. The average Bonchev–Trinajstić information content (AvgIpc) is 2.16. The van der Waals surface area contributed by atoms with Gasteiger partial charge in [-0.1, -0.05) is 6.07 Å². The normalized spacial score (nSPS) is 10.3. The van der Waals surface area contributed by atoms with Crippen molar-refractivity contribution in [3.63, 3.8) is 0 Å². The highest BCUT2D eigenvalue weighted by Crippen LogP contribution is 2.08. The van der Waals surface area contributed by atoms with Crippen molar-refractivity contribution in [2.45, 2.75) is 6.92 Å². The van der Waals surface area contributed by atoms with E-state index in [-0.39, 0.29) is 5.56 Å². The smallest absolute Gasteiger partial charge is 0.256 e. The Balaban J connectivity index is 2.64. The lowest BCUT2D eigenvalue weighted by Gasteiger charge is -2.04. The van der Waals surface area contributed by atoms with Gasteiger partial charge in [-0.25, -0.2) is 9.97 Å². The molecule has 4 nitrogen and oxygen atoms in total. The molecule has 0 N–H and O–H groups in total. The summed E-state index contributed by atoms with van der Waals surface area (Å²) >= 11 is 3.20. The second kappa shape index (κ2) is 3.94. The van der Waals surface area contributed by atoms with Crippen molar-refractivity contribution >= 4 is 15.9 Å². The van der Waals surface area contributed by atoms with E-state index in [4.69, 9.17) is 0 Å². The van der Waals surface area contributed by atoms with Crippen molar-refractivity contribution in [2.24, 2.45) is 0 Å². The Morgan fingerprint density at radius 3 is 2.80 bits per heavy atom. The molecule has 0 fully saturated rings. The monoisotopic (exact) mass is 265 g/mol. The average molecular weight is 266 g/mol. The highest BCUT2D eigenvalue weighted by Gasteiger charge is 2.02. The number of nitrogens with zero attached hydrogens (tertiary/aromatic N) is 3. The molecule has 2 aromatic rings. The number of hydrogen-bond acceptors (Lipinski definition) is 3. The predicted octanol–water partition coefficient (Wildman–Crippen LogP) is 1.70. The summed E-state index contributed by atoms with van der Waals surface area (Å²) in [5.41, 5.74) is 0.699. The van der Waals surface area contributed by atoms with Gasteiger partial charge in [0.05, 0.1) is 0 Å². The fourth-order valence-corrected chi connectivity index (χ4v) is 1.72. The lowest BCUT2D eigenvalue weighted by Crippen LogP contribution is -2.17. The minimum absolute atomic E-state index is 0.109. The van der Waals surface area contributed by atoms with Crippen LogP contribution in [0.4, 0.5) is 0 Å². The third kappa shape index (κ3) is 2.12. The summed E-state index contributed by atoms with van der Waals surface area (Å²) in [5.74, 6) is 0.569. The van der Waals surface area contributed by atoms with Crippen LogP contribution in [0.25, 0.3) is 5.82 Å². The quantitative estimate of drug-likeness (QED) is 0.738. The lowest BCUT2D eigenvalue weighted by molar-refractivity contribution is 0.902. The van der Waals surface area contributed by atoms with Gasteiger partial charge in [0, 0.05) is 24.0 Å². The van der Waals surface area contributed by atoms with Gasteiger partial charge in [-0.15, -0.1) is 0 Å². The molecule has 0 spiro atoms. The highest BCUT2D eigenvalue weighted by atomic mass is 79.9. The Labute approximate surface area is 94.8 Å². The van der Waals surface area contributed by atoms with E-state index >= 15 is 0 Å². The SMILES string of the molecule is Cc1cc(-n2ccccc2=O)nc(Br)n1. The van der Waals surface area contributed by atoms with Gasteiger partial charge in [0.2, 0.25) is 0 Å². The van der Waals surface area contributed by atoms with Gasteiger partial charge >= 0.3 is 0 Å². The first-order valence-corrected chi connectivity index (χ1v) is 5.15. The molecule has 0 saturated heterocycles. The number of hydrogen-bond donors (Lipinski definition) is 0. The molecule has 0 aliphatic heterocycles. The molecule has 0 atom stereocenters. The van der Waals surface area contributed by atoms with Gasteiger partial charge in [-0.3, -0.25) is 9.36 Å². The van der Waals surface area contributed by atoms with Crippen LogP contribution in [-0.4, -0.2) is 14.5 Å². The van der Waals surface area contributed by atoms with Crippen LogP contribution in [0.2, 0.25) is 0 Å². The van der Waals surface area contributed by atoms with Crippen molar-refractivity contribution in [1.29, 1.82) is 0 Å². The zero-order valence-corrected chi connectivity index (χ0v) is 9.60. The van der Waals surface area contributed by atoms with Gasteiger partial charge in [0.25, 0.3) is 5.56 Å². The van der Waals surface area contributed by atoms with Crippen LogP contribution in [0.1, 0.15) is 5.69 Å². The second-order valence-electron chi connectivity index (χ2n) is 3.05. The molecule has 0 unspecified atom stereocenters. The Bertz CT molecular complexity index is 530. The van der Waals surface area contributed by atoms with Crippen molar-refractivity contribution in [1.82, 2.24) is 14.5 Å². The van der Waals surface area contributed by atoms with Crippen molar-refractivity contribution in [3.05, 3.63) is 51.2 Å². The molecule has 2 heterocycles. The molecule has 0 bridgehead atoms. The van der Waals surface area contributed by atoms with Crippen LogP contribution in [-0.2, 0) is 0 Å². The molecular weight excluding hydrogens is 258 g/mol. The van der Waals surface area contributed by atoms with Gasteiger partial charge in [-0.05, 0) is 28.9 Å². The third-order valence-corrected chi connectivity index (χ3v) is 2.24. The molecule has 0 saturated carbocycles. The van der Waals surface area contributed by atoms with Crippen LogP contribution in [0.5, 0.6) is 0 Å². The van der Waals surface area contributed by atoms with E-state index < -0.39 is 0 Å². The molecule has 5 heteroatoms. The fourth-order valence-electron chi connectivity index (χ4n) is 1.26. The van der Waals surface area contributed by atoms with E-state index in [0.717, 1.165) is 5.69 Å². The van der Waals surface area contributed by atoms with E-state index in [9.17, 15) is 4.79 Å². The largest absolute Gasteiger partial charge is 0.269 e. The summed E-state index contributed by atoms with van der Waals surface area (Å²) < 4.78 is 1.95. The van der Waals surface area contributed by atoms with E-state index in [1.54, 1.807) is 24.4 Å². The van der Waals surface area contributed by atoms with E-state index in [2.05, 4.69) is 25.9 Å². The summed E-state index contributed by atoms with van der Waals surface area (Å²) in [6.45, 7) is 1.85.